The molecule has 2 heterocycles. The minimum absolute atomic E-state index is 0.0249. The highest BCUT2D eigenvalue weighted by atomic mass is 16.6. The highest BCUT2D eigenvalue weighted by Crippen LogP contribution is 2.20. The SMILES string of the molecule is CC1C=CC(C)N1C(=O)CO/N=C1\C=C\CC/C=C/CCOC(=O)c2ccc(O)cc2C1. The van der Waals surface area contributed by atoms with Crippen LogP contribution in [-0.4, -0.2) is 52.9 Å². The van der Waals surface area contributed by atoms with Gasteiger partial charge >= 0.3 is 5.97 Å². The van der Waals surface area contributed by atoms with Gasteiger partial charge in [0.25, 0.3) is 5.91 Å². The summed E-state index contributed by atoms with van der Waals surface area (Å²) >= 11 is 0. The third-order valence-electron chi connectivity index (χ3n) is 5.38. The zero-order chi connectivity index (χ0) is 22.9. The Morgan fingerprint density at radius 2 is 1.88 bits per heavy atom. The molecule has 2 atom stereocenters. The lowest BCUT2D eigenvalue weighted by Gasteiger charge is -2.25. The summed E-state index contributed by atoms with van der Waals surface area (Å²) in [4.78, 5) is 32.2. The van der Waals surface area contributed by atoms with Crippen LogP contribution in [0.2, 0.25) is 0 Å². The second-order valence-corrected chi connectivity index (χ2v) is 7.92. The zero-order valence-corrected chi connectivity index (χ0v) is 18.6. The van der Waals surface area contributed by atoms with Crippen LogP contribution in [0.4, 0.5) is 0 Å². The Bertz CT molecular complexity index is 936. The van der Waals surface area contributed by atoms with Gasteiger partial charge in [0.05, 0.1) is 17.9 Å². The number of hydrogen-bond acceptors (Lipinski definition) is 6. The first kappa shape index (κ1) is 23.3. The van der Waals surface area contributed by atoms with Crippen LogP contribution >= 0.6 is 0 Å². The van der Waals surface area contributed by atoms with Crippen LogP contribution in [-0.2, 0) is 20.8 Å². The normalized spacial score (nSPS) is 25.0. The lowest BCUT2D eigenvalue weighted by Crippen LogP contribution is -2.41. The van der Waals surface area contributed by atoms with Gasteiger partial charge in [-0.05, 0) is 62.9 Å². The number of allylic oxidation sites excluding steroid dienone is 3. The number of hydrogen-bond donors (Lipinski definition) is 1. The van der Waals surface area contributed by atoms with Crippen LogP contribution in [0.1, 0.15) is 49.0 Å². The molecule has 0 saturated carbocycles. The first-order chi connectivity index (χ1) is 15.5. The zero-order valence-electron chi connectivity index (χ0n) is 18.6. The van der Waals surface area contributed by atoms with E-state index in [1.165, 1.54) is 12.1 Å². The lowest BCUT2D eigenvalue weighted by molar-refractivity contribution is -0.137. The largest absolute Gasteiger partial charge is 0.508 e. The summed E-state index contributed by atoms with van der Waals surface area (Å²) < 4.78 is 5.36. The summed E-state index contributed by atoms with van der Waals surface area (Å²) in [5, 5.41) is 14.1. The third-order valence-corrected chi connectivity index (χ3v) is 5.38. The molecule has 32 heavy (non-hydrogen) atoms. The molecule has 0 spiro atoms. The van der Waals surface area contributed by atoms with Crippen molar-refractivity contribution in [2.75, 3.05) is 13.2 Å². The number of esters is 1. The first-order valence-corrected chi connectivity index (χ1v) is 10.9. The quantitative estimate of drug-likeness (QED) is 0.439. The summed E-state index contributed by atoms with van der Waals surface area (Å²) in [6, 6.07) is 4.57. The standard InChI is InChI=1S/C25H30N2O5/c1-18-10-11-19(2)27(18)24(29)17-32-26-21-9-7-5-3-4-6-8-14-31-25(30)23-13-12-22(28)16-20(23)15-21/h4,6-7,9-13,16,18-19,28H,3,5,8,14-15,17H2,1-2H3/b6-4+,9-7+,26-21+. The fourth-order valence-electron chi connectivity index (χ4n) is 3.76. The highest BCUT2D eigenvalue weighted by molar-refractivity contribution is 5.99. The number of phenolic OH excluding ortho intramolecular Hbond substituents is 1. The van der Waals surface area contributed by atoms with Crippen LogP contribution in [0.3, 0.4) is 0 Å². The fourth-order valence-corrected chi connectivity index (χ4v) is 3.76. The molecule has 7 nitrogen and oxygen atoms in total. The monoisotopic (exact) mass is 438 g/mol. The van der Waals surface area contributed by atoms with Crippen LogP contribution in [0, 0.1) is 0 Å². The van der Waals surface area contributed by atoms with Crippen molar-refractivity contribution >= 4 is 17.6 Å². The molecular formula is C25H30N2O5. The second kappa shape index (κ2) is 11.3. The van der Waals surface area contributed by atoms with E-state index < -0.39 is 5.97 Å². The first-order valence-electron chi connectivity index (χ1n) is 10.9. The maximum atomic E-state index is 12.5. The Labute approximate surface area is 188 Å². The molecule has 0 fully saturated rings. The molecule has 0 bridgehead atoms. The number of benzene rings is 1. The van der Waals surface area contributed by atoms with Crippen molar-refractivity contribution < 1.29 is 24.3 Å². The van der Waals surface area contributed by atoms with Gasteiger partial charge in [-0.2, -0.15) is 0 Å². The highest BCUT2D eigenvalue weighted by Gasteiger charge is 2.27. The molecule has 2 unspecified atom stereocenters. The minimum atomic E-state index is -0.450. The second-order valence-electron chi connectivity index (χ2n) is 7.92. The molecule has 1 N–H and O–H groups in total. The van der Waals surface area contributed by atoms with Crippen molar-refractivity contribution in [1.82, 2.24) is 4.90 Å². The lowest BCUT2D eigenvalue weighted by atomic mass is 10.0. The Morgan fingerprint density at radius 3 is 2.66 bits per heavy atom. The van der Waals surface area contributed by atoms with Crippen LogP contribution < -0.4 is 0 Å². The molecule has 170 valence electrons. The number of cyclic esters (lactones) is 1. The number of phenols is 1. The minimum Gasteiger partial charge on any atom is -0.508 e. The molecule has 3 rings (SSSR count). The Morgan fingerprint density at radius 1 is 1.16 bits per heavy atom. The van der Waals surface area contributed by atoms with Crippen molar-refractivity contribution in [2.24, 2.45) is 5.16 Å². The number of oxime groups is 1. The Hall–Kier alpha value is -3.35. The van der Waals surface area contributed by atoms with Gasteiger partial charge in [-0.3, -0.25) is 4.79 Å². The Kier molecular flexibility index (Phi) is 8.25. The number of amides is 1. The van der Waals surface area contributed by atoms with Crippen molar-refractivity contribution in [1.29, 1.82) is 0 Å². The molecule has 1 amide bonds. The number of aromatic hydroxyl groups is 1. The van der Waals surface area contributed by atoms with E-state index in [1.54, 1.807) is 11.0 Å². The Balaban J connectivity index is 1.78. The van der Waals surface area contributed by atoms with Gasteiger partial charge in [0.1, 0.15) is 5.75 Å². The predicted molar refractivity (Wildman–Crippen MR) is 123 cm³/mol. The van der Waals surface area contributed by atoms with Gasteiger partial charge in [0.2, 0.25) is 0 Å². The summed E-state index contributed by atoms with van der Waals surface area (Å²) in [5.74, 6) is -0.546. The van der Waals surface area contributed by atoms with Gasteiger partial charge in [0.15, 0.2) is 6.61 Å². The molecule has 7 heteroatoms. The van der Waals surface area contributed by atoms with E-state index in [4.69, 9.17) is 9.57 Å². The van der Waals surface area contributed by atoms with E-state index >= 15 is 0 Å². The van der Waals surface area contributed by atoms with E-state index in [1.807, 2.05) is 50.3 Å². The average Bonchev–Trinajstić information content (AvgIpc) is 3.09. The average molecular weight is 439 g/mol. The van der Waals surface area contributed by atoms with E-state index in [9.17, 15) is 14.7 Å². The molecule has 1 aromatic carbocycles. The summed E-state index contributed by atoms with van der Waals surface area (Å²) in [7, 11) is 0. The van der Waals surface area contributed by atoms with Gasteiger partial charge in [-0.25, -0.2) is 4.79 Å². The molecule has 0 aromatic heterocycles. The maximum Gasteiger partial charge on any atom is 0.338 e. The molecule has 0 saturated heterocycles. The summed E-state index contributed by atoms with van der Waals surface area (Å²) in [5.41, 5.74) is 1.48. The van der Waals surface area contributed by atoms with Gasteiger partial charge in [-0.1, -0.05) is 35.5 Å². The van der Waals surface area contributed by atoms with Crippen LogP contribution in [0.25, 0.3) is 0 Å². The third kappa shape index (κ3) is 6.33. The van der Waals surface area contributed by atoms with Crippen molar-refractivity contribution in [3.63, 3.8) is 0 Å². The fraction of sp³-hybridized carbons (Fsp3) is 0.400. The van der Waals surface area contributed by atoms with Crippen molar-refractivity contribution in [2.45, 2.75) is 51.6 Å². The van der Waals surface area contributed by atoms with E-state index in [2.05, 4.69) is 5.16 Å². The predicted octanol–water partition coefficient (Wildman–Crippen LogP) is 3.94. The van der Waals surface area contributed by atoms with Gasteiger partial charge < -0.3 is 19.6 Å². The number of carbonyl (C=O) groups is 2. The van der Waals surface area contributed by atoms with Crippen LogP contribution in [0.5, 0.6) is 5.75 Å². The molecular weight excluding hydrogens is 408 g/mol. The molecule has 0 radical (unpaired) electrons. The molecule has 1 aromatic rings. The molecule has 2 aliphatic heterocycles. The number of ether oxygens (including phenoxy) is 1. The number of carbonyl (C=O) groups excluding carboxylic acids is 2. The number of nitrogens with zero attached hydrogens (tertiary/aromatic N) is 2. The van der Waals surface area contributed by atoms with Crippen molar-refractivity contribution in [3.8, 4) is 5.75 Å². The smallest absolute Gasteiger partial charge is 0.338 e. The van der Waals surface area contributed by atoms with E-state index in [0.717, 1.165) is 12.8 Å². The van der Waals surface area contributed by atoms with Gasteiger partial charge in [-0.15, -0.1) is 0 Å². The number of fused-ring (bicyclic) bond motifs is 1. The number of rotatable bonds is 3. The maximum absolute atomic E-state index is 12.5. The van der Waals surface area contributed by atoms with Crippen LogP contribution in [0.15, 0.2) is 59.8 Å². The summed E-state index contributed by atoms with van der Waals surface area (Å²) in [6.07, 6.45) is 14.4. The molecule has 2 aliphatic rings. The molecule has 0 aliphatic carbocycles. The van der Waals surface area contributed by atoms with E-state index in [-0.39, 0.29) is 36.8 Å². The van der Waals surface area contributed by atoms with E-state index in [0.29, 0.717) is 29.9 Å². The van der Waals surface area contributed by atoms with Gasteiger partial charge in [0, 0.05) is 18.5 Å². The topological polar surface area (TPSA) is 88.4 Å². The summed E-state index contributed by atoms with van der Waals surface area (Å²) in [6.45, 7) is 4.04. The van der Waals surface area contributed by atoms with Crippen molar-refractivity contribution in [3.05, 3.63) is 65.8 Å².